The summed E-state index contributed by atoms with van der Waals surface area (Å²) in [6, 6.07) is 10.6. The summed E-state index contributed by atoms with van der Waals surface area (Å²) in [7, 11) is 0. The van der Waals surface area contributed by atoms with Crippen LogP contribution in [-0.2, 0) is 11.3 Å². The minimum atomic E-state index is -0.506. The summed E-state index contributed by atoms with van der Waals surface area (Å²) >= 11 is 6.16. The van der Waals surface area contributed by atoms with E-state index < -0.39 is 17.3 Å². The molecule has 0 radical (unpaired) electrons. The number of rotatable bonds is 4. The standard InChI is InChI=1S/C19H14ClFN6O2/c1-11-2-7-14(8-15(11)20)27-18-17(24-25-27)19(29)26(10-22-18)9-16(28)23-13-5-3-12(21)4-6-13/h2-8,10H,9H2,1H3,(H,23,28). The number of hydrogen-bond acceptors (Lipinski definition) is 5. The number of halogens is 2. The second kappa shape index (κ2) is 7.44. The van der Waals surface area contributed by atoms with Crippen LogP contribution in [0.5, 0.6) is 0 Å². The van der Waals surface area contributed by atoms with Gasteiger partial charge in [-0.2, -0.15) is 4.68 Å². The van der Waals surface area contributed by atoms with Gasteiger partial charge in [-0.1, -0.05) is 22.9 Å². The van der Waals surface area contributed by atoms with Crippen molar-refractivity contribution in [2.75, 3.05) is 5.32 Å². The smallest absolute Gasteiger partial charge is 0.284 e. The van der Waals surface area contributed by atoms with Crippen LogP contribution in [0.4, 0.5) is 10.1 Å². The maximum Gasteiger partial charge on any atom is 0.284 e. The van der Waals surface area contributed by atoms with Gasteiger partial charge in [0.25, 0.3) is 5.56 Å². The highest BCUT2D eigenvalue weighted by molar-refractivity contribution is 6.31. The van der Waals surface area contributed by atoms with Gasteiger partial charge in [0.2, 0.25) is 5.91 Å². The van der Waals surface area contributed by atoms with Crippen LogP contribution in [-0.4, -0.2) is 30.5 Å². The lowest BCUT2D eigenvalue weighted by atomic mass is 10.2. The summed E-state index contributed by atoms with van der Waals surface area (Å²) in [5.74, 6) is -0.871. The second-order valence-electron chi connectivity index (χ2n) is 6.34. The van der Waals surface area contributed by atoms with E-state index in [0.717, 1.165) is 10.1 Å². The van der Waals surface area contributed by atoms with Crippen molar-refractivity contribution in [2.45, 2.75) is 13.5 Å². The SMILES string of the molecule is Cc1ccc(-n2nnc3c(=O)n(CC(=O)Nc4ccc(F)cc4)cnc32)cc1Cl. The minimum absolute atomic E-state index is 0.0266. The summed E-state index contributed by atoms with van der Waals surface area (Å²) in [6.07, 6.45) is 1.25. The van der Waals surface area contributed by atoms with Crippen molar-refractivity contribution >= 4 is 34.4 Å². The van der Waals surface area contributed by atoms with Crippen molar-refractivity contribution in [3.05, 3.63) is 75.5 Å². The average molecular weight is 413 g/mol. The molecule has 4 aromatic rings. The second-order valence-corrected chi connectivity index (χ2v) is 6.75. The number of anilines is 1. The van der Waals surface area contributed by atoms with Gasteiger partial charge in [0.05, 0.1) is 5.69 Å². The van der Waals surface area contributed by atoms with Crippen LogP contribution in [0.15, 0.2) is 53.6 Å². The van der Waals surface area contributed by atoms with Crippen molar-refractivity contribution < 1.29 is 9.18 Å². The highest BCUT2D eigenvalue weighted by Gasteiger charge is 2.15. The third kappa shape index (κ3) is 3.72. The third-order valence-corrected chi connectivity index (χ3v) is 4.68. The first kappa shape index (κ1) is 18.8. The van der Waals surface area contributed by atoms with Gasteiger partial charge in [-0.3, -0.25) is 14.2 Å². The fourth-order valence-corrected chi connectivity index (χ4v) is 2.91. The molecule has 0 aliphatic rings. The Morgan fingerprint density at radius 3 is 2.69 bits per heavy atom. The molecule has 1 N–H and O–H groups in total. The Morgan fingerprint density at radius 2 is 1.97 bits per heavy atom. The van der Waals surface area contributed by atoms with Gasteiger partial charge in [-0.25, -0.2) is 9.37 Å². The van der Waals surface area contributed by atoms with E-state index in [4.69, 9.17) is 11.6 Å². The molecule has 0 saturated heterocycles. The molecule has 29 heavy (non-hydrogen) atoms. The zero-order valence-electron chi connectivity index (χ0n) is 15.1. The van der Waals surface area contributed by atoms with Gasteiger partial charge in [-0.05, 0) is 48.9 Å². The van der Waals surface area contributed by atoms with Crippen LogP contribution in [0.1, 0.15) is 5.56 Å². The lowest BCUT2D eigenvalue weighted by Crippen LogP contribution is -2.28. The molecule has 0 fully saturated rings. The number of fused-ring (bicyclic) bond motifs is 1. The summed E-state index contributed by atoms with van der Waals surface area (Å²) < 4.78 is 15.5. The van der Waals surface area contributed by atoms with Crippen molar-refractivity contribution in [3.63, 3.8) is 0 Å². The maximum atomic E-state index is 13.0. The molecule has 0 bridgehead atoms. The molecule has 2 heterocycles. The molecule has 0 aliphatic heterocycles. The monoisotopic (exact) mass is 412 g/mol. The van der Waals surface area contributed by atoms with Gasteiger partial charge in [0.1, 0.15) is 18.7 Å². The molecule has 8 nitrogen and oxygen atoms in total. The van der Waals surface area contributed by atoms with Gasteiger partial charge in [-0.15, -0.1) is 5.10 Å². The van der Waals surface area contributed by atoms with Crippen molar-refractivity contribution in [2.24, 2.45) is 0 Å². The van der Waals surface area contributed by atoms with E-state index in [9.17, 15) is 14.0 Å². The maximum absolute atomic E-state index is 13.0. The molecule has 0 saturated carbocycles. The molecule has 2 aromatic heterocycles. The Morgan fingerprint density at radius 1 is 1.21 bits per heavy atom. The lowest BCUT2D eigenvalue weighted by molar-refractivity contribution is -0.116. The third-order valence-electron chi connectivity index (χ3n) is 4.27. The van der Waals surface area contributed by atoms with Gasteiger partial charge >= 0.3 is 0 Å². The van der Waals surface area contributed by atoms with Gasteiger partial charge in [0, 0.05) is 10.7 Å². The van der Waals surface area contributed by atoms with Crippen LogP contribution in [0, 0.1) is 12.7 Å². The van der Waals surface area contributed by atoms with Gasteiger partial charge < -0.3 is 5.32 Å². The van der Waals surface area contributed by atoms with E-state index in [2.05, 4.69) is 20.6 Å². The molecule has 0 spiro atoms. The zero-order valence-corrected chi connectivity index (χ0v) is 15.9. The molecule has 4 rings (SSSR count). The predicted molar refractivity (Wildman–Crippen MR) is 106 cm³/mol. The number of carbonyl (C=O) groups excluding carboxylic acids is 1. The van der Waals surface area contributed by atoms with E-state index in [1.807, 2.05) is 13.0 Å². The number of benzene rings is 2. The Kier molecular flexibility index (Phi) is 4.81. The van der Waals surface area contributed by atoms with Crippen LogP contribution in [0.3, 0.4) is 0 Å². The largest absolute Gasteiger partial charge is 0.325 e. The molecule has 1 amide bonds. The van der Waals surface area contributed by atoms with E-state index in [1.165, 1.54) is 35.3 Å². The molecular weight excluding hydrogens is 399 g/mol. The molecular formula is C19H14ClFN6O2. The summed E-state index contributed by atoms with van der Waals surface area (Å²) in [5.41, 5.74) is 1.71. The van der Waals surface area contributed by atoms with Crippen molar-refractivity contribution in [1.82, 2.24) is 24.5 Å². The molecule has 10 heteroatoms. The Labute approximate surface area is 168 Å². The molecule has 0 aliphatic carbocycles. The van der Waals surface area contributed by atoms with E-state index >= 15 is 0 Å². The molecule has 2 aromatic carbocycles. The average Bonchev–Trinajstić information content (AvgIpc) is 3.13. The number of aryl methyl sites for hydroxylation is 1. The Balaban J connectivity index is 1.61. The minimum Gasteiger partial charge on any atom is -0.325 e. The molecule has 146 valence electrons. The number of aromatic nitrogens is 5. The van der Waals surface area contributed by atoms with Crippen molar-refractivity contribution in [3.8, 4) is 5.69 Å². The van der Waals surface area contributed by atoms with Crippen LogP contribution >= 0.6 is 11.6 Å². The highest BCUT2D eigenvalue weighted by atomic mass is 35.5. The number of hydrogen-bond donors (Lipinski definition) is 1. The van der Waals surface area contributed by atoms with Gasteiger partial charge in [0.15, 0.2) is 11.2 Å². The first-order valence-electron chi connectivity index (χ1n) is 8.55. The zero-order chi connectivity index (χ0) is 20.5. The summed E-state index contributed by atoms with van der Waals surface area (Å²) in [4.78, 5) is 29.1. The summed E-state index contributed by atoms with van der Waals surface area (Å²) in [5, 5.41) is 11.0. The fourth-order valence-electron chi connectivity index (χ4n) is 2.73. The molecule has 0 unspecified atom stereocenters. The number of nitrogens with one attached hydrogen (secondary N) is 1. The van der Waals surface area contributed by atoms with Crippen LogP contribution in [0.25, 0.3) is 16.9 Å². The van der Waals surface area contributed by atoms with E-state index in [0.29, 0.717) is 16.4 Å². The quantitative estimate of drug-likeness (QED) is 0.556. The van der Waals surface area contributed by atoms with Crippen LogP contribution in [0.2, 0.25) is 5.02 Å². The lowest BCUT2D eigenvalue weighted by Gasteiger charge is -2.07. The number of carbonyl (C=O) groups is 1. The molecule has 0 atom stereocenters. The highest BCUT2D eigenvalue weighted by Crippen LogP contribution is 2.20. The number of amides is 1. The Hall–Kier alpha value is -3.59. The van der Waals surface area contributed by atoms with E-state index in [-0.39, 0.29) is 17.7 Å². The normalized spacial score (nSPS) is 11.0. The first-order valence-corrected chi connectivity index (χ1v) is 8.93. The first-order chi connectivity index (χ1) is 13.9. The van der Waals surface area contributed by atoms with Crippen LogP contribution < -0.4 is 10.9 Å². The Bertz CT molecular complexity index is 1280. The van der Waals surface area contributed by atoms with Crippen molar-refractivity contribution in [1.29, 1.82) is 0 Å². The number of nitrogens with zero attached hydrogens (tertiary/aromatic N) is 5. The fraction of sp³-hybridized carbons (Fsp3) is 0.105. The summed E-state index contributed by atoms with van der Waals surface area (Å²) in [6.45, 7) is 1.60. The predicted octanol–water partition coefficient (Wildman–Crippen LogP) is 2.72. The topological polar surface area (TPSA) is 94.7 Å². The van der Waals surface area contributed by atoms with E-state index in [1.54, 1.807) is 12.1 Å².